The molecule has 1 heterocycles. The molecule has 0 atom stereocenters. The third-order valence-corrected chi connectivity index (χ3v) is 4.93. The van der Waals surface area contributed by atoms with Gasteiger partial charge in [0.1, 0.15) is 5.75 Å². The molecule has 2 fully saturated rings. The van der Waals surface area contributed by atoms with Crippen LogP contribution in [-0.4, -0.2) is 17.1 Å². The normalized spacial score (nSPS) is 25.3. The number of pyridine rings is 1. The summed E-state index contributed by atoms with van der Waals surface area (Å²) in [5.74, 6) is 1.53. The Morgan fingerprint density at radius 3 is 2.59 bits per heavy atom. The van der Waals surface area contributed by atoms with Crippen molar-refractivity contribution in [2.45, 2.75) is 56.6 Å². The summed E-state index contributed by atoms with van der Waals surface area (Å²) in [6.45, 7) is 0. The van der Waals surface area contributed by atoms with Crippen LogP contribution in [0.25, 0.3) is 10.8 Å². The van der Waals surface area contributed by atoms with E-state index in [0.29, 0.717) is 12.0 Å². The maximum Gasteiger partial charge on any atom is 0.255 e. The van der Waals surface area contributed by atoms with Gasteiger partial charge in [-0.25, -0.2) is 0 Å². The third kappa shape index (κ3) is 2.63. The Labute approximate surface area is 129 Å². The summed E-state index contributed by atoms with van der Waals surface area (Å²) in [4.78, 5) is 14.8. The number of fused-ring (bicyclic) bond motifs is 1. The van der Waals surface area contributed by atoms with Crippen molar-refractivity contribution in [3.63, 3.8) is 0 Å². The summed E-state index contributed by atoms with van der Waals surface area (Å²) in [5, 5.41) is 1.72. The Balaban J connectivity index is 1.69. The van der Waals surface area contributed by atoms with E-state index >= 15 is 0 Å². The highest BCUT2D eigenvalue weighted by molar-refractivity contribution is 5.84. The quantitative estimate of drug-likeness (QED) is 0.915. The van der Waals surface area contributed by atoms with Crippen LogP contribution < -0.4 is 16.0 Å². The first-order chi connectivity index (χ1) is 10.7. The lowest BCUT2D eigenvalue weighted by atomic mass is 9.93. The van der Waals surface area contributed by atoms with Crippen LogP contribution in [0.3, 0.4) is 0 Å². The van der Waals surface area contributed by atoms with E-state index in [1.807, 2.05) is 18.2 Å². The monoisotopic (exact) mass is 298 g/mol. The third-order valence-electron chi connectivity index (χ3n) is 4.93. The van der Waals surface area contributed by atoms with Crippen molar-refractivity contribution in [2.75, 3.05) is 0 Å². The molecule has 0 aliphatic heterocycles. The van der Waals surface area contributed by atoms with Crippen molar-refractivity contribution in [3.8, 4) is 5.75 Å². The van der Waals surface area contributed by atoms with E-state index < -0.39 is 0 Å². The number of hydrogen-bond donors (Lipinski definition) is 2. The van der Waals surface area contributed by atoms with Crippen molar-refractivity contribution in [1.29, 1.82) is 0 Å². The van der Waals surface area contributed by atoms with Gasteiger partial charge in [-0.3, -0.25) is 4.79 Å². The Kier molecular flexibility index (Phi) is 3.41. The minimum atomic E-state index is -0.0189. The van der Waals surface area contributed by atoms with Gasteiger partial charge in [-0.2, -0.15) is 0 Å². The fourth-order valence-electron chi connectivity index (χ4n) is 3.43. The van der Waals surface area contributed by atoms with Gasteiger partial charge < -0.3 is 15.5 Å². The molecule has 0 amide bonds. The van der Waals surface area contributed by atoms with E-state index in [1.54, 1.807) is 6.20 Å². The number of rotatable bonds is 3. The van der Waals surface area contributed by atoms with Gasteiger partial charge in [-0.1, -0.05) is 0 Å². The molecule has 116 valence electrons. The number of nitrogens with two attached hydrogens (primary N) is 1. The first-order valence-electron chi connectivity index (χ1n) is 8.28. The van der Waals surface area contributed by atoms with Gasteiger partial charge in [0.05, 0.1) is 6.10 Å². The standard InChI is InChI=1S/C18H22N2O2/c19-13-3-5-14(6-4-13)22-17-9-12-7-8-20-18(21)16(12)10-15(17)11-1-2-11/h7-11,13-14H,1-6,19H2,(H,20,21). The zero-order valence-electron chi connectivity index (χ0n) is 12.7. The average Bonchev–Trinajstić information content (AvgIpc) is 3.34. The van der Waals surface area contributed by atoms with Crippen LogP contribution in [0.1, 0.15) is 50.0 Å². The van der Waals surface area contributed by atoms with Crippen molar-refractivity contribution in [1.82, 2.24) is 4.98 Å². The summed E-state index contributed by atoms with van der Waals surface area (Å²) >= 11 is 0. The Bertz CT molecular complexity index is 740. The van der Waals surface area contributed by atoms with E-state index in [4.69, 9.17) is 10.5 Å². The predicted molar refractivity (Wildman–Crippen MR) is 87.4 cm³/mol. The number of nitrogens with one attached hydrogen (secondary N) is 1. The Morgan fingerprint density at radius 1 is 1.09 bits per heavy atom. The lowest BCUT2D eigenvalue weighted by molar-refractivity contribution is 0.146. The molecule has 4 heteroatoms. The average molecular weight is 298 g/mol. The number of ether oxygens (including phenoxy) is 1. The molecule has 0 unspecified atom stereocenters. The number of aromatic nitrogens is 1. The predicted octanol–water partition coefficient (Wildman–Crippen LogP) is 3.05. The second kappa shape index (κ2) is 5.43. The van der Waals surface area contributed by atoms with Crippen molar-refractivity contribution in [2.24, 2.45) is 5.73 Å². The van der Waals surface area contributed by atoms with Gasteiger partial charge in [-0.15, -0.1) is 0 Å². The number of benzene rings is 1. The Morgan fingerprint density at radius 2 is 1.86 bits per heavy atom. The molecular formula is C18H22N2O2. The largest absolute Gasteiger partial charge is 0.490 e. The molecule has 2 aliphatic rings. The smallest absolute Gasteiger partial charge is 0.255 e. The maximum atomic E-state index is 12.0. The fourth-order valence-corrected chi connectivity index (χ4v) is 3.43. The number of H-pyrrole nitrogens is 1. The molecule has 4 rings (SSSR count). The molecule has 0 bridgehead atoms. The molecule has 3 N–H and O–H groups in total. The van der Waals surface area contributed by atoms with Crippen molar-refractivity contribution >= 4 is 10.8 Å². The molecular weight excluding hydrogens is 276 g/mol. The molecule has 0 radical (unpaired) electrons. The van der Waals surface area contributed by atoms with Gasteiger partial charge in [-0.05, 0) is 73.6 Å². The van der Waals surface area contributed by atoms with Gasteiger partial charge >= 0.3 is 0 Å². The lowest BCUT2D eigenvalue weighted by Crippen LogP contribution is -2.31. The van der Waals surface area contributed by atoms with Crippen molar-refractivity contribution < 1.29 is 4.74 Å². The van der Waals surface area contributed by atoms with Gasteiger partial charge in [0.25, 0.3) is 5.56 Å². The summed E-state index contributed by atoms with van der Waals surface area (Å²) in [5.41, 5.74) is 7.16. The molecule has 2 saturated carbocycles. The highest BCUT2D eigenvalue weighted by atomic mass is 16.5. The molecule has 1 aromatic carbocycles. The van der Waals surface area contributed by atoms with E-state index in [2.05, 4.69) is 4.98 Å². The van der Waals surface area contributed by atoms with Crippen LogP contribution in [-0.2, 0) is 0 Å². The van der Waals surface area contributed by atoms with Crippen LogP contribution in [0.2, 0.25) is 0 Å². The minimum Gasteiger partial charge on any atom is -0.490 e. The molecule has 1 aromatic heterocycles. The van der Waals surface area contributed by atoms with E-state index in [0.717, 1.165) is 42.2 Å². The van der Waals surface area contributed by atoms with Gasteiger partial charge in [0, 0.05) is 17.6 Å². The summed E-state index contributed by atoms with van der Waals surface area (Å²) < 4.78 is 6.32. The summed E-state index contributed by atoms with van der Waals surface area (Å²) in [6.07, 6.45) is 8.48. The lowest BCUT2D eigenvalue weighted by Gasteiger charge is -2.27. The highest BCUT2D eigenvalue weighted by Crippen LogP contribution is 2.45. The van der Waals surface area contributed by atoms with E-state index in [-0.39, 0.29) is 11.7 Å². The second-order valence-electron chi connectivity index (χ2n) is 6.71. The first kappa shape index (κ1) is 13.8. The zero-order chi connectivity index (χ0) is 15.1. The number of aromatic amines is 1. The summed E-state index contributed by atoms with van der Waals surface area (Å²) in [6, 6.07) is 6.36. The first-order valence-corrected chi connectivity index (χ1v) is 8.28. The van der Waals surface area contributed by atoms with Gasteiger partial charge in [0.2, 0.25) is 0 Å². The summed E-state index contributed by atoms with van der Waals surface area (Å²) in [7, 11) is 0. The van der Waals surface area contributed by atoms with E-state index in [1.165, 1.54) is 18.4 Å². The zero-order valence-corrected chi connectivity index (χ0v) is 12.7. The SMILES string of the molecule is NC1CCC(Oc2cc3cc[nH]c(=O)c3cc2C2CC2)CC1. The van der Waals surface area contributed by atoms with Crippen LogP contribution in [0, 0.1) is 0 Å². The molecule has 2 aromatic rings. The Hall–Kier alpha value is -1.81. The maximum absolute atomic E-state index is 12.0. The van der Waals surface area contributed by atoms with Gasteiger partial charge in [0.15, 0.2) is 0 Å². The fraction of sp³-hybridized carbons (Fsp3) is 0.500. The van der Waals surface area contributed by atoms with Crippen molar-refractivity contribution in [3.05, 3.63) is 40.3 Å². The highest BCUT2D eigenvalue weighted by Gasteiger charge is 2.29. The molecule has 0 saturated heterocycles. The van der Waals surface area contributed by atoms with Crippen LogP contribution in [0.5, 0.6) is 5.75 Å². The van der Waals surface area contributed by atoms with Crippen LogP contribution in [0.4, 0.5) is 0 Å². The van der Waals surface area contributed by atoms with Crippen LogP contribution in [0.15, 0.2) is 29.2 Å². The van der Waals surface area contributed by atoms with Crippen LogP contribution >= 0.6 is 0 Å². The second-order valence-corrected chi connectivity index (χ2v) is 6.71. The van der Waals surface area contributed by atoms with E-state index in [9.17, 15) is 4.79 Å². The molecule has 2 aliphatic carbocycles. The topological polar surface area (TPSA) is 68.1 Å². The molecule has 0 spiro atoms. The molecule has 22 heavy (non-hydrogen) atoms. The minimum absolute atomic E-state index is 0.0189. The molecule has 4 nitrogen and oxygen atoms in total. The number of hydrogen-bond acceptors (Lipinski definition) is 3.